The third-order valence-corrected chi connectivity index (χ3v) is 4.08. The number of methoxy groups -OCH3 is 1. The lowest BCUT2D eigenvalue weighted by Crippen LogP contribution is -2.13. The fraction of sp³-hybridized carbons (Fsp3) is 0.0476. The van der Waals surface area contributed by atoms with Crippen LogP contribution in [0.15, 0.2) is 79.1 Å². The fourth-order valence-electron chi connectivity index (χ4n) is 2.72. The number of benzene rings is 1. The molecular weight excluding hydrogens is 354 g/mol. The summed E-state index contributed by atoms with van der Waals surface area (Å²) in [6.07, 6.45) is 3.33. The lowest BCUT2D eigenvalue weighted by atomic mass is 10.2. The molecule has 0 radical (unpaired) electrons. The van der Waals surface area contributed by atoms with Gasteiger partial charge < -0.3 is 10.1 Å². The van der Waals surface area contributed by atoms with Gasteiger partial charge in [0, 0.05) is 18.0 Å². The van der Waals surface area contributed by atoms with Crippen molar-refractivity contribution in [3.05, 3.63) is 84.8 Å². The molecule has 0 fully saturated rings. The number of aromatic nitrogens is 4. The Morgan fingerprint density at radius 2 is 1.82 bits per heavy atom. The molecule has 0 spiro atoms. The van der Waals surface area contributed by atoms with Gasteiger partial charge in [-0.3, -0.25) is 9.78 Å². The molecule has 1 N–H and O–H groups in total. The largest absolute Gasteiger partial charge is 0.481 e. The maximum Gasteiger partial charge on any atom is 0.276 e. The highest BCUT2D eigenvalue weighted by molar-refractivity contribution is 6.03. The summed E-state index contributed by atoms with van der Waals surface area (Å²) in [5, 5.41) is 7.34. The van der Waals surface area contributed by atoms with Gasteiger partial charge in [0.2, 0.25) is 5.88 Å². The van der Waals surface area contributed by atoms with Gasteiger partial charge in [-0.2, -0.15) is 5.10 Å². The highest BCUT2D eigenvalue weighted by Gasteiger charge is 2.18. The quantitative estimate of drug-likeness (QED) is 0.580. The van der Waals surface area contributed by atoms with Crippen LogP contribution in [-0.4, -0.2) is 32.8 Å². The standard InChI is InChI=1S/C21H17N5O2/c1-28-20-11-10-16(14-23-20)26-19(17-9-5-6-12-22-17)13-18(25-26)21(27)24-15-7-3-2-4-8-15/h2-14H,1H3,(H,24,27). The first-order valence-corrected chi connectivity index (χ1v) is 8.63. The van der Waals surface area contributed by atoms with Gasteiger partial charge in [0.15, 0.2) is 5.69 Å². The second-order valence-electron chi connectivity index (χ2n) is 5.92. The van der Waals surface area contributed by atoms with Crippen molar-refractivity contribution in [3.8, 4) is 23.0 Å². The van der Waals surface area contributed by atoms with Gasteiger partial charge in [0.05, 0.1) is 30.4 Å². The number of nitrogens with zero attached hydrogens (tertiary/aromatic N) is 4. The van der Waals surface area contributed by atoms with Crippen molar-refractivity contribution < 1.29 is 9.53 Å². The molecule has 1 amide bonds. The van der Waals surface area contributed by atoms with Crippen LogP contribution in [0.1, 0.15) is 10.5 Å². The maximum atomic E-state index is 12.7. The van der Waals surface area contributed by atoms with E-state index in [9.17, 15) is 4.79 Å². The number of hydrogen-bond acceptors (Lipinski definition) is 5. The Balaban J connectivity index is 1.74. The number of nitrogens with one attached hydrogen (secondary N) is 1. The lowest BCUT2D eigenvalue weighted by Gasteiger charge is -2.07. The number of para-hydroxylation sites is 1. The Morgan fingerprint density at radius 3 is 2.50 bits per heavy atom. The van der Waals surface area contributed by atoms with E-state index in [1.54, 1.807) is 36.3 Å². The summed E-state index contributed by atoms with van der Waals surface area (Å²) in [5.41, 5.74) is 3.06. The van der Waals surface area contributed by atoms with Gasteiger partial charge in [-0.1, -0.05) is 24.3 Å². The molecular formula is C21H17N5O2. The van der Waals surface area contributed by atoms with Gasteiger partial charge in [0.1, 0.15) is 0 Å². The molecule has 28 heavy (non-hydrogen) atoms. The van der Waals surface area contributed by atoms with E-state index in [0.29, 0.717) is 28.6 Å². The number of hydrogen-bond donors (Lipinski definition) is 1. The molecule has 3 heterocycles. The minimum absolute atomic E-state index is 0.278. The van der Waals surface area contributed by atoms with Crippen molar-refractivity contribution in [2.24, 2.45) is 0 Å². The monoisotopic (exact) mass is 371 g/mol. The lowest BCUT2D eigenvalue weighted by molar-refractivity contribution is 0.102. The molecule has 0 bridgehead atoms. The van der Waals surface area contributed by atoms with Crippen LogP contribution in [0, 0.1) is 0 Å². The second-order valence-corrected chi connectivity index (χ2v) is 5.92. The molecule has 0 atom stereocenters. The highest BCUT2D eigenvalue weighted by atomic mass is 16.5. The first-order chi connectivity index (χ1) is 13.7. The molecule has 0 aliphatic heterocycles. The van der Waals surface area contributed by atoms with E-state index in [-0.39, 0.29) is 11.6 Å². The fourth-order valence-corrected chi connectivity index (χ4v) is 2.72. The van der Waals surface area contributed by atoms with Gasteiger partial charge >= 0.3 is 0 Å². The number of amides is 1. The summed E-state index contributed by atoms with van der Waals surface area (Å²) in [6.45, 7) is 0. The van der Waals surface area contributed by atoms with E-state index in [4.69, 9.17) is 4.74 Å². The summed E-state index contributed by atoms with van der Waals surface area (Å²) in [7, 11) is 1.56. The van der Waals surface area contributed by atoms with Crippen LogP contribution >= 0.6 is 0 Å². The van der Waals surface area contributed by atoms with Crippen molar-refractivity contribution >= 4 is 11.6 Å². The first kappa shape index (κ1) is 17.4. The summed E-state index contributed by atoms with van der Waals surface area (Å²) < 4.78 is 6.76. The Bertz CT molecular complexity index is 1080. The van der Waals surface area contributed by atoms with Crippen molar-refractivity contribution in [3.63, 3.8) is 0 Å². The van der Waals surface area contributed by atoms with Crippen molar-refractivity contribution in [1.29, 1.82) is 0 Å². The summed E-state index contributed by atoms with van der Waals surface area (Å²) in [4.78, 5) is 21.3. The van der Waals surface area contributed by atoms with E-state index in [1.165, 1.54) is 0 Å². The number of carbonyl (C=O) groups excluding carboxylic acids is 1. The summed E-state index contributed by atoms with van der Waals surface area (Å²) in [5.74, 6) is 0.195. The van der Waals surface area contributed by atoms with Crippen molar-refractivity contribution in [2.45, 2.75) is 0 Å². The van der Waals surface area contributed by atoms with E-state index >= 15 is 0 Å². The minimum Gasteiger partial charge on any atom is -0.481 e. The van der Waals surface area contributed by atoms with Crippen LogP contribution < -0.4 is 10.1 Å². The third kappa shape index (κ3) is 3.59. The van der Waals surface area contributed by atoms with E-state index in [1.807, 2.05) is 54.6 Å². The van der Waals surface area contributed by atoms with Crippen LogP contribution in [0.25, 0.3) is 17.1 Å². The van der Waals surface area contributed by atoms with Gasteiger partial charge in [0.25, 0.3) is 5.91 Å². The minimum atomic E-state index is -0.302. The van der Waals surface area contributed by atoms with E-state index in [0.717, 1.165) is 0 Å². The van der Waals surface area contributed by atoms with E-state index < -0.39 is 0 Å². The second kappa shape index (κ2) is 7.71. The molecule has 0 aliphatic carbocycles. The molecule has 4 rings (SSSR count). The van der Waals surface area contributed by atoms with Crippen LogP contribution in [-0.2, 0) is 0 Å². The molecule has 7 heteroatoms. The van der Waals surface area contributed by atoms with E-state index in [2.05, 4.69) is 20.4 Å². The van der Waals surface area contributed by atoms with Crippen LogP contribution in [0.2, 0.25) is 0 Å². The van der Waals surface area contributed by atoms with Crippen molar-refractivity contribution in [2.75, 3.05) is 12.4 Å². The summed E-state index contributed by atoms with van der Waals surface area (Å²) >= 11 is 0. The van der Waals surface area contributed by atoms with Crippen LogP contribution in [0.3, 0.4) is 0 Å². The number of pyridine rings is 2. The van der Waals surface area contributed by atoms with Gasteiger partial charge in [-0.05, 0) is 36.4 Å². The van der Waals surface area contributed by atoms with Gasteiger partial charge in [-0.15, -0.1) is 0 Å². The number of ether oxygens (including phenoxy) is 1. The maximum absolute atomic E-state index is 12.7. The molecule has 7 nitrogen and oxygen atoms in total. The summed E-state index contributed by atoms with van der Waals surface area (Å²) in [6, 6.07) is 20.1. The molecule has 3 aromatic heterocycles. The topological polar surface area (TPSA) is 81.9 Å². The predicted molar refractivity (Wildman–Crippen MR) is 106 cm³/mol. The predicted octanol–water partition coefficient (Wildman–Crippen LogP) is 3.59. The van der Waals surface area contributed by atoms with Crippen molar-refractivity contribution in [1.82, 2.24) is 19.7 Å². The average molecular weight is 371 g/mol. The third-order valence-electron chi connectivity index (χ3n) is 4.08. The van der Waals surface area contributed by atoms with Gasteiger partial charge in [-0.25, -0.2) is 9.67 Å². The Kier molecular flexibility index (Phi) is 4.79. The average Bonchev–Trinajstić information content (AvgIpc) is 3.21. The molecule has 1 aromatic carbocycles. The Labute approximate surface area is 161 Å². The number of rotatable bonds is 5. The molecule has 0 unspecified atom stereocenters. The Hall–Kier alpha value is -4.00. The molecule has 0 aliphatic rings. The van der Waals surface area contributed by atoms with Crippen LogP contribution in [0.4, 0.5) is 5.69 Å². The molecule has 138 valence electrons. The normalized spacial score (nSPS) is 10.5. The zero-order valence-electron chi connectivity index (χ0n) is 15.1. The molecule has 0 saturated carbocycles. The highest BCUT2D eigenvalue weighted by Crippen LogP contribution is 2.23. The smallest absolute Gasteiger partial charge is 0.276 e. The zero-order valence-corrected chi connectivity index (χ0v) is 15.1. The number of carbonyl (C=O) groups is 1. The molecule has 0 saturated heterocycles. The van der Waals surface area contributed by atoms with Crippen LogP contribution in [0.5, 0.6) is 5.88 Å². The first-order valence-electron chi connectivity index (χ1n) is 8.63. The Morgan fingerprint density at radius 1 is 1.00 bits per heavy atom. The molecule has 4 aromatic rings. The number of anilines is 1. The SMILES string of the molecule is COc1ccc(-n2nc(C(=O)Nc3ccccc3)cc2-c2ccccn2)cn1. The zero-order chi connectivity index (χ0) is 19.3.